The Balaban J connectivity index is 2.24. The third kappa shape index (κ3) is 6.56. The summed E-state index contributed by atoms with van der Waals surface area (Å²) >= 11 is 0. The fourth-order valence-corrected chi connectivity index (χ4v) is 1.32. The van der Waals surface area contributed by atoms with Crippen molar-refractivity contribution in [3.63, 3.8) is 0 Å². The molecule has 0 saturated heterocycles. The number of rotatable bonds is 9. The molecule has 0 aromatic carbocycles. The SMILES string of the molecule is CCOc1ccnc(NCCC(=O)NCCOC)n1. The number of nitrogens with zero attached hydrogens (tertiary/aromatic N) is 2. The summed E-state index contributed by atoms with van der Waals surface area (Å²) in [4.78, 5) is 19.6. The molecule has 0 bridgehead atoms. The van der Waals surface area contributed by atoms with Crippen LogP contribution in [0.2, 0.25) is 0 Å². The zero-order valence-corrected chi connectivity index (χ0v) is 11.3. The number of carbonyl (C=O) groups is 1. The number of ether oxygens (including phenoxy) is 2. The van der Waals surface area contributed by atoms with Crippen molar-refractivity contribution in [2.75, 3.05) is 38.7 Å². The van der Waals surface area contributed by atoms with Crippen LogP contribution in [-0.4, -0.2) is 49.3 Å². The summed E-state index contributed by atoms with van der Waals surface area (Å²) in [5.74, 6) is 0.936. The van der Waals surface area contributed by atoms with Gasteiger partial charge in [0.2, 0.25) is 17.7 Å². The van der Waals surface area contributed by atoms with Crippen LogP contribution in [0.5, 0.6) is 5.88 Å². The number of carbonyl (C=O) groups excluding carboxylic acids is 1. The average Bonchev–Trinajstić information content (AvgIpc) is 2.40. The molecule has 0 aliphatic rings. The maximum Gasteiger partial charge on any atom is 0.225 e. The van der Waals surface area contributed by atoms with Crippen molar-refractivity contribution in [1.82, 2.24) is 15.3 Å². The predicted molar refractivity (Wildman–Crippen MR) is 71.2 cm³/mol. The molecule has 1 aromatic rings. The van der Waals surface area contributed by atoms with Crippen LogP contribution in [0.1, 0.15) is 13.3 Å². The summed E-state index contributed by atoms with van der Waals surface area (Å²) in [6, 6.07) is 1.69. The average molecular weight is 268 g/mol. The molecule has 1 heterocycles. The lowest BCUT2D eigenvalue weighted by molar-refractivity contribution is -0.121. The lowest BCUT2D eigenvalue weighted by atomic mass is 10.4. The zero-order chi connectivity index (χ0) is 13.9. The van der Waals surface area contributed by atoms with Crippen LogP contribution in [0.25, 0.3) is 0 Å². The predicted octanol–water partition coefficient (Wildman–Crippen LogP) is 0.440. The Labute approximate surface area is 112 Å². The number of methoxy groups -OCH3 is 1. The van der Waals surface area contributed by atoms with E-state index in [4.69, 9.17) is 9.47 Å². The van der Waals surface area contributed by atoms with Crippen LogP contribution in [0.15, 0.2) is 12.3 Å². The lowest BCUT2D eigenvalue weighted by Crippen LogP contribution is -2.28. The van der Waals surface area contributed by atoms with E-state index in [0.717, 1.165) is 0 Å². The minimum absolute atomic E-state index is 0.0366. The Hall–Kier alpha value is -1.89. The molecule has 2 N–H and O–H groups in total. The first kappa shape index (κ1) is 15.2. The zero-order valence-electron chi connectivity index (χ0n) is 11.3. The Morgan fingerprint density at radius 1 is 1.42 bits per heavy atom. The van der Waals surface area contributed by atoms with Crippen molar-refractivity contribution < 1.29 is 14.3 Å². The van der Waals surface area contributed by atoms with Gasteiger partial charge in [-0.1, -0.05) is 0 Å². The van der Waals surface area contributed by atoms with Gasteiger partial charge in [0.25, 0.3) is 0 Å². The van der Waals surface area contributed by atoms with Gasteiger partial charge >= 0.3 is 0 Å². The van der Waals surface area contributed by atoms with Crippen LogP contribution >= 0.6 is 0 Å². The second-order valence-electron chi connectivity index (χ2n) is 3.67. The molecule has 0 saturated carbocycles. The standard InChI is InChI=1S/C12H20N4O3/c1-3-19-11-5-7-15-12(16-11)14-6-4-10(17)13-8-9-18-2/h5,7H,3-4,6,8-9H2,1-2H3,(H,13,17)(H,14,15,16). The molecule has 0 aliphatic carbocycles. The van der Waals surface area contributed by atoms with E-state index < -0.39 is 0 Å². The van der Waals surface area contributed by atoms with E-state index in [1.807, 2.05) is 6.92 Å². The molecule has 0 fully saturated rings. The fraction of sp³-hybridized carbons (Fsp3) is 0.583. The van der Waals surface area contributed by atoms with Gasteiger partial charge < -0.3 is 20.1 Å². The van der Waals surface area contributed by atoms with Crippen LogP contribution < -0.4 is 15.4 Å². The Kier molecular flexibility index (Phi) is 7.26. The lowest BCUT2D eigenvalue weighted by Gasteiger charge is -2.07. The molecule has 7 nitrogen and oxygen atoms in total. The minimum atomic E-state index is -0.0366. The van der Waals surface area contributed by atoms with E-state index in [1.165, 1.54) is 0 Å². The smallest absolute Gasteiger partial charge is 0.225 e. The van der Waals surface area contributed by atoms with Gasteiger partial charge in [0.15, 0.2) is 0 Å². The largest absolute Gasteiger partial charge is 0.478 e. The highest BCUT2D eigenvalue weighted by atomic mass is 16.5. The number of hydrogen-bond acceptors (Lipinski definition) is 6. The molecule has 1 amide bonds. The molecule has 1 aromatic heterocycles. The number of nitrogens with one attached hydrogen (secondary N) is 2. The van der Waals surface area contributed by atoms with Crippen molar-refractivity contribution in [2.24, 2.45) is 0 Å². The molecule has 106 valence electrons. The van der Waals surface area contributed by atoms with E-state index in [1.54, 1.807) is 19.4 Å². The summed E-state index contributed by atoms with van der Waals surface area (Å²) in [5, 5.41) is 5.70. The third-order valence-corrected chi connectivity index (χ3v) is 2.19. The summed E-state index contributed by atoms with van der Waals surface area (Å²) < 4.78 is 10.1. The highest BCUT2D eigenvalue weighted by molar-refractivity contribution is 5.76. The van der Waals surface area contributed by atoms with Crippen LogP contribution in [-0.2, 0) is 9.53 Å². The van der Waals surface area contributed by atoms with Crippen LogP contribution in [0.3, 0.4) is 0 Å². The van der Waals surface area contributed by atoms with E-state index in [0.29, 0.717) is 44.6 Å². The molecule has 0 aliphatic heterocycles. The van der Waals surface area contributed by atoms with E-state index in [2.05, 4.69) is 20.6 Å². The minimum Gasteiger partial charge on any atom is -0.478 e. The van der Waals surface area contributed by atoms with E-state index in [9.17, 15) is 4.79 Å². The maximum absolute atomic E-state index is 11.4. The molecule has 19 heavy (non-hydrogen) atoms. The number of amides is 1. The fourth-order valence-electron chi connectivity index (χ4n) is 1.32. The Morgan fingerprint density at radius 3 is 3.00 bits per heavy atom. The van der Waals surface area contributed by atoms with Gasteiger partial charge in [-0.3, -0.25) is 4.79 Å². The summed E-state index contributed by atoms with van der Waals surface area (Å²) in [5.41, 5.74) is 0. The maximum atomic E-state index is 11.4. The van der Waals surface area contributed by atoms with Crippen molar-refractivity contribution in [3.8, 4) is 5.88 Å². The van der Waals surface area contributed by atoms with E-state index in [-0.39, 0.29) is 5.91 Å². The van der Waals surface area contributed by atoms with Gasteiger partial charge in [-0.2, -0.15) is 4.98 Å². The third-order valence-electron chi connectivity index (χ3n) is 2.19. The molecule has 0 spiro atoms. The monoisotopic (exact) mass is 268 g/mol. The van der Waals surface area contributed by atoms with Crippen LogP contribution in [0, 0.1) is 0 Å². The molecular formula is C12H20N4O3. The van der Waals surface area contributed by atoms with Crippen LogP contribution in [0.4, 0.5) is 5.95 Å². The highest BCUT2D eigenvalue weighted by Gasteiger charge is 2.02. The van der Waals surface area contributed by atoms with Crippen molar-refractivity contribution >= 4 is 11.9 Å². The van der Waals surface area contributed by atoms with Gasteiger partial charge in [0.1, 0.15) is 0 Å². The van der Waals surface area contributed by atoms with Gasteiger partial charge in [-0.15, -0.1) is 0 Å². The molecule has 7 heteroatoms. The molecule has 0 radical (unpaired) electrons. The van der Waals surface area contributed by atoms with Gasteiger partial charge in [0, 0.05) is 38.9 Å². The molecular weight excluding hydrogens is 248 g/mol. The van der Waals surface area contributed by atoms with Gasteiger partial charge in [-0.25, -0.2) is 4.98 Å². The first-order valence-corrected chi connectivity index (χ1v) is 6.21. The van der Waals surface area contributed by atoms with Gasteiger partial charge in [0.05, 0.1) is 13.2 Å². The van der Waals surface area contributed by atoms with E-state index >= 15 is 0 Å². The summed E-state index contributed by atoms with van der Waals surface area (Å²) in [6.07, 6.45) is 1.96. The first-order chi connectivity index (χ1) is 9.26. The van der Waals surface area contributed by atoms with Crippen molar-refractivity contribution in [1.29, 1.82) is 0 Å². The second-order valence-corrected chi connectivity index (χ2v) is 3.67. The molecule has 1 rings (SSSR count). The van der Waals surface area contributed by atoms with Crippen molar-refractivity contribution in [2.45, 2.75) is 13.3 Å². The Morgan fingerprint density at radius 2 is 2.26 bits per heavy atom. The summed E-state index contributed by atoms with van der Waals surface area (Å²) in [6.45, 7) is 3.94. The molecule has 0 atom stereocenters. The normalized spacial score (nSPS) is 10.0. The summed E-state index contributed by atoms with van der Waals surface area (Å²) in [7, 11) is 1.59. The number of aromatic nitrogens is 2. The van der Waals surface area contributed by atoms with Crippen molar-refractivity contribution in [3.05, 3.63) is 12.3 Å². The Bertz CT molecular complexity index is 387. The van der Waals surface area contributed by atoms with Gasteiger partial charge in [-0.05, 0) is 6.92 Å². The highest BCUT2D eigenvalue weighted by Crippen LogP contribution is 2.07. The second kappa shape index (κ2) is 9.09. The number of anilines is 1. The first-order valence-electron chi connectivity index (χ1n) is 6.21. The number of hydrogen-bond donors (Lipinski definition) is 2. The topological polar surface area (TPSA) is 85.4 Å². The quantitative estimate of drug-likeness (QED) is 0.632. The molecule has 0 unspecified atom stereocenters.